The van der Waals surface area contributed by atoms with E-state index in [9.17, 15) is 19.2 Å². The highest BCUT2D eigenvalue weighted by molar-refractivity contribution is 9.10. The third-order valence-electron chi connectivity index (χ3n) is 5.79. The lowest BCUT2D eigenvalue weighted by molar-refractivity contribution is -0.122. The Morgan fingerprint density at radius 3 is 2.29 bits per heavy atom. The third-order valence-corrected chi connectivity index (χ3v) is 7.69. The molecule has 2 fully saturated rings. The van der Waals surface area contributed by atoms with Gasteiger partial charge in [-0.2, -0.15) is 0 Å². The minimum absolute atomic E-state index is 0.0906. The zero-order chi connectivity index (χ0) is 24.6. The van der Waals surface area contributed by atoms with Gasteiger partial charge in [-0.25, -0.2) is 4.79 Å². The Morgan fingerprint density at radius 1 is 1.03 bits per heavy atom. The van der Waals surface area contributed by atoms with E-state index in [1.807, 2.05) is 0 Å². The fraction of sp³-hybridized carbons (Fsp3) is 0.304. The lowest BCUT2D eigenvalue weighted by Gasteiger charge is -2.28. The molecule has 7 nitrogen and oxygen atoms in total. The SMILES string of the molecule is O=C(COC(=O)c1cccc(N2C(=O)[C@H]3C[C@H](Cl)[C@@H](Cl)C[C@H]3C2=O)c1)Nc1ccc(Br)cc1Cl. The Kier molecular flexibility index (Phi) is 7.52. The van der Waals surface area contributed by atoms with Crippen molar-refractivity contribution in [2.45, 2.75) is 23.6 Å². The van der Waals surface area contributed by atoms with Crippen molar-refractivity contribution < 1.29 is 23.9 Å². The van der Waals surface area contributed by atoms with Crippen LogP contribution in [-0.4, -0.2) is 41.1 Å². The molecule has 1 N–H and O–H groups in total. The first-order valence-electron chi connectivity index (χ1n) is 10.3. The van der Waals surface area contributed by atoms with Gasteiger partial charge in [0.2, 0.25) is 11.8 Å². The lowest BCUT2D eigenvalue weighted by atomic mass is 9.80. The average Bonchev–Trinajstić information content (AvgIpc) is 3.03. The van der Waals surface area contributed by atoms with Gasteiger partial charge in [0, 0.05) is 4.47 Å². The minimum atomic E-state index is -0.781. The number of hydrogen-bond acceptors (Lipinski definition) is 5. The second kappa shape index (κ2) is 10.2. The zero-order valence-corrected chi connectivity index (χ0v) is 21.3. The van der Waals surface area contributed by atoms with E-state index >= 15 is 0 Å². The Balaban J connectivity index is 1.42. The molecule has 0 aromatic heterocycles. The molecular formula is C23H18BrCl3N2O5. The first kappa shape index (κ1) is 25.0. The third kappa shape index (κ3) is 5.10. The molecule has 1 saturated heterocycles. The summed E-state index contributed by atoms with van der Waals surface area (Å²) in [6.07, 6.45) is 0.640. The molecule has 2 aromatic carbocycles. The molecule has 3 amide bonds. The van der Waals surface area contributed by atoms with Gasteiger partial charge < -0.3 is 10.1 Å². The van der Waals surface area contributed by atoms with Crippen LogP contribution < -0.4 is 10.2 Å². The fourth-order valence-corrected chi connectivity index (χ4v) is 5.42. The number of ether oxygens (including phenoxy) is 1. The van der Waals surface area contributed by atoms with Gasteiger partial charge in [-0.3, -0.25) is 19.3 Å². The molecular weight excluding hydrogens is 571 g/mol. The van der Waals surface area contributed by atoms with E-state index in [1.165, 1.54) is 18.2 Å². The van der Waals surface area contributed by atoms with Crippen molar-refractivity contribution in [3.8, 4) is 0 Å². The summed E-state index contributed by atoms with van der Waals surface area (Å²) in [4.78, 5) is 51.6. The van der Waals surface area contributed by atoms with Crippen LogP contribution in [0.15, 0.2) is 46.9 Å². The Hall–Kier alpha value is -2.13. The van der Waals surface area contributed by atoms with Crippen LogP contribution in [0, 0.1) is 11.8 Å². The minimum Gasteiger partial charge on any atom is -0.452 e. The highest BCUT2D eigenvalue weighted by Gasteiger charge is 2.52. The number of amides is 3. The normalized spacial score (nSPS) is 24.1. The smallest absolute Gasteiger partial charge is 0.338 e. The highest BCUT2D eigenvalue weighted by Crippen LogP contribution is 2.43. The summed E-state index contributed by atoms with van der Waals surface area (Å²) in [5.74, 6) is -3.14. The summed E-state index contributed by atoms with van der Waals surface area (Å²) < 4.78 is 5.84. The second-order valence-corrected chi connectivity index (χ2v) is 10.5. The summed E-state index contributed by atoms with van der Waals surface area (Å²) >= 11 is 21.8. The number of carbonyl (C=O) groups excluding carboxylic acids is 4. The number of halogens is 4. The van der Waals surface area contributed by atoms with Crippen LogP contribution >= 0.6 is 50.7 Å². The standard InChI is InChI=1S/C23H18BrCl3N2O5/c24-12-4-5-19(18(27)7-12)28-20(30)10-34-23(33)11-2-1-3-13(6-11)29-21(31)14-8-16(25)17(26)9-15(14)22(29)32/h1-7,14-17H,8-10H2,(H,28,30)/t14-,15+,16-,17-/m0/s1. The first-order valence-corrected chi connectivity index (χ1v) is 12.4. The maximum absolute atomic E-state index is 12.9. The molecule has 178 valence electrons. The topological polar surface area (TPSA) is 92.8 Å². The monoisotopic (exact) mass is 586 g/mol. The Labute approximate surface area is 218 Å². The van der Waals surface area contributed by atoms with E-state index in [2.05, 4.69) is 21.2 Å². The number of esters is 1. The molecule has 4 rings (SSSR count). The first-order chi connectivity index (χ1) is 16.2. The van der Waals surface area contributed by atoms with Crippen LogP contribution in [0.5, 0.6) is 0 Å². The van der Waals surface area contributed by atoms with E-state index in [1.54, 1.807) is 24.3 Å². The van der Waals surface area contributed by atoms with Crippen molar-refractivity contribution in [1.29, 1.82) is 0 Å². The van der Waals surface area contributed by atoms with Gasteiger partial charge in [-0.05, 0) is 49.2 Å². The molecule has 1 saturated carbocycles. The van der Waals surface area contributed by atoms with Crippen LogP contribution in [0.2, 0.25) is 5.02 Å². The van der Waals surface area contributed by atoms with Crippen LogP contribution in [0.3, 0.4) is 0 Å². The molecule has 1 heterocycles. The van der Waals surface area contributed by atoms with E-state index in [0.29, 0.717) is 23.6 Å². The van der Waals surface area contributed by atoms with Crippen molar-refractivity contribution in [2.24, 2.45) is 11.8 Å². The summed E-state index contributed by atoms with van der Waals surface area (Å²) in [5, 5.41) is 2.10. The molecule has 0 spiro atoms. The maximum atomic E-state index is 12.9. The number of rotatable bonds is 5. The molecule has 2 aliphatic rings. The van der Waals surface area contributed by atoms with Crippen molar-refractivity contribution in [1.82, 2.24) is 0 Å². The zero-order valence-electron chi connectivity index (χ0n) is 17.5. The number of benzene rings is 2. The van der Waals surface area contributed by atoms with E-state index in [4.69, 9.17) is 39.5 Å². The van der Waals surface area contributed by atoms with Crippen molar-refractivity contribution in [3.63, 3.8) is 0 Å². The second-order valence-electron chi connectivity index (χ2n) is 8.03. The summed E-state index contributed by atoms with van der Waals surface area (Å²) in [6, 6.07) is 10.9. The predicted molar refractivity (Wildman–Crippen MR) is 132 cm³/mol. The summed E-state index contributed by atoms with van der Waals surface area (Å²) in [6.45, 7) is -0.546. The Bertz CT molecular complexity index is 1150. The van der Waals surface area contributed by atoms with Gasteiger partial charge >= 0.3 is 5.97 Å². The molecule has 34 heavy (non-hydrogen) atoms. The van der Waals surface area contributed by atoms with Crippen molar-refractivity contribution in [2.75, 3.05) is 16.8 Å². The highest BCUT2D eigenvalue weighted by atomic mass is 79.9. The van der Waals surface area contributed by atoms with Gasteiger partial charge in [0.05, 0.1) is 44.6 Å². The molecule has 0 radical (unpaired) electrons. The van der Waals surface area contributed by atoms with Crippen LogP contribution in [-0.2, 0) is 19.1 Å². The van der Waals surface area contributed by atoms with E-state index < -0.39 is 30.3 Å². The van der Waals surface area contributed by atoms with Gasteiger partial charge in [0.25, 0.3) is 5.91 Å². The number of nitrogens with zero attached hydrogens (tertiary/aromatic N) is 1. The van der Waals surface area contributed by atoms with Gasteiger partial charge in [-0.1, -0.05) is 33.6 Å². The number of alkyl halides is 2. The molecule has 0 bridgehead atoms. The fourth-order valence-electron chi connectivity index (χ4n) is 4.11. The number of imide groups is 1. The van der Waals surface area contributed by atoms with Crippen LogP contribution in [0.25, 0.3) is 0 Å². The largest absolute Gasteiger partial charge is 0.452 e. The molecule has 2 aromatic rings. The van der Waals surface area contributed by atoms with E-state index in [0.717, 1.165) is 9.37 Å². The van der Waals surface area contributed by atoms with Gasteiger partial charge in [-0.15, -0.1) is 23.2 Å². The van der Waals surface area contributed by atoms with Crippen LogP contribution in [0.4, 0.5) is 11.4 Å². The number of carbonyl (C=O) groups is 4. The summed E-state index contributed by atoms with van der Waals surface area (Å²) in [7, 11) is 0. The Morgan fingerprint density at radius 2 is 1.68 bits per heavy atom. The van der Waals surface area contributed by atoms with E-state index in [-0.39, 0.29) is 33.8 Å². The predicted octanol–water partition coefficient (Wildman–Crippen LogP) is 5.01. The maximum Gasteiger partial charge on any atom is 0.338 e. The molecule has 0 unspecified atom stereocenters. The van der Waals surface area contributed by atoms with Gasteiger partial charge in [0.1, 0.15) is 0 Å². The molecule has 11 heteroatoms. The van der Waals surface area contributed by atoms with Gasteiger partial charge in [0.15, 0.2) is 6.61 Å². The number of hydrogen-bond donors (Lipinski definition) is 1. The van der Waals surface area contributed by atoms with Crippen molar-refractivity contribution >= 4 is 85.8 Å². The quantitative estimate of drug-likeness (QED) is 0.301. The molecule has 1 aliphatic heterocycles. The number of anilines is 2. The molecule has 1 aliphatic carbocycles. The van der Waals surface area contributed by atoms with Crippen LogP contribution in [0.1, 0.15) is 23.2 Å². The van der Waals surface area contributed by atoms with Crippen molar-refractivity contribution in [3.05, 3.63) is 57.5 Å². The summed E-state index contributed by atoms with van der Waals surface area (Å²) in [5.41, 5.74) is 0.717. The number of fused-ring (bicyclic) bond motifs is 1. The molecule has 4 atom stereocenters. The number of nitrogens with one attached hydrogen (secondary N) is 1. The average molecular weight is 589 g/mol. The lowest BCUT2D eigenvalue weighted by Crippen LogP contribution is -2.34.